The number of rotatable bonds is 8. The van der Waals surface area contributed by atoms with E-state index < -0.39 is 29.9 Å². The maximum atomic E-state index is 12.1. The Hall–Kier alpha value is -2.12. The van der Waals surface area contributed by atoms with E-state index in [-0.39, 0.29) is 26.3 Å². The van der Waals surface area contributed by atoms with Gasteiger partial charge in [0.25, 0.3) is 5.91 Å². The predicted molar refractivity (Wildman–Crippen MR) is 71.1 cm³/mol. The van der Waals surface area contributed by atoms with Gasteiger partial charge in [-0.3, -0.25) is 19.2 Å². The summed E-state index contributed by atoms with van der Waals surface area (Å²) in [5, 5.41) is 0. The molecular formula is C13H21NO7. The van der Waals surface area contributed by atoms with Gasteiger partial charge in [0.05, 0.1) is 13.1 Å². The Balaban J connectivity index is 4.52. The molecule has 120 valence electrons. The van der Waals surface area contributed by atoms with E-state index in [1.54, 1.807) is 0 Å². The Labute approximate surface area is 123 Å². The quantitative estimate of drug-likeness (QED) is 0.456. The third-order valence-corrected chi connectivity index (χ3v) is 2.34. The molecule has 8 heteroatoms. The Morgan fingerprint density at radius 2 is 1.29 bits per heavy atom. The second-order valence-electron chi connectivity index (χ2n) is 4.26. The number of carbonyl (C=O) groups is 4. The lowest BCUT2D eigenvalue weighted by molar-refractivity contribution is -0.158. The highest BCUT2D eigenvalue weighted by molar-refractivity contribution is 5.83. The standard InChI is InChI=1S/C13H21NO7/c1-9(21-12(4)17)13(18)14(5-7-19-10(2)15)6-8-20-11(3)16/h9H,5-8H2,1-4H3. The minimum Gasteiger partial charge on any atom is -0.464 e. The molecule has 0 aromatic rings. The van der Waals surface area contributed by atoms with Crippen LogP contribution in [0.15, 0.2) is 0 Å². The van der Waals surface area contributed by atoms with E-state index in [0.29, 0.717) is 0 Å². The number of esters is 3. The molecule has 0 fully saturated rings. The van der Waals surface area contributed by atoms with Crippen LogP contribution in [0.1, 0.15) is 27.7 Å². The Morgan fingerprint density at radius 3 is 1.62 bits per heavy atom. The van der Waals surface area contributed by atoms with Crippen LogP contribution < -0.4 is 0 Å². The molecule has 0 aliphatic carbocycles. The summed E-state index contributed by atoms with van der Waals surface area (Å²) in [5.74, 6) is -1.95. The fourth-order valence-corrected chi connectivity index (χ4v) is 1.49. The van der Waals surface area contributed by atoms with Crippen LogP contribution in [0.5, 0.6) is 0 Å². The lowest BCUT2D eigenvalue weighted by atomic mass is 10.3. The second kappa shape index (κ2) is 9.73. The van der Waals surface area contributed by atoms with Crippen molar-refractivity contribution in [2.24, 2.45) is 0 Å². The van der Waals surface area contributed by atoms with E-state index in [9.17, 15) is 19.2 Å². The molecule has 1 unspecified atom stereocenters. The summed E-state index contributed by atoms with van der Waals surface area (Å²) in [5.41, 5.74) is 0. The fraction of sp³-hybridized carbons (Fsp3) is 0.692. The Morgan fingerprint density at radius 1 is 0.857 bits per heavy atom. The van der Waals surface area contributed by atoms with E-state index in [2.05, 4.69) is 0 Å². The van der Waals surface area contributed by atoms with Crippen molar-refractivity contribution in [2.75, 3.05) is 26.3 Å². The molecule has 0 saturated heterocycles. The van der Waals surface area contributed by atoms with E-state index in [1.165, 1.54) is 32.6 Å². The summed E-state index contributed by atoms with van der Waals surface area (Å²) in [6.07, 6.45) is -0.961. The maximum Gasteiger partial charge on any atom is 0.303 e. The smallest absolute Gasteiger partial charge is 0.303 e. The summed E-state index contributed by atoms with van der Waals surface area (Å²) in [6.45, 7) is 5.40. The molecule has 1 atom stereocenters. The lowest BCUT2D eigenvalue weighted by Gasteiger charge is -2.25. The van der Waals surface area contributed by atoms with Gasteiger partial charge >= 0.3 is 17.9 Å². The molecule has 0 aliphatic heterocycles. The van der Waals surface area contributed by atoms with Gasteiger partial charge in [-0.15, -0.1) is 0 Å². The molecule has 0 aliphatic rings. The zero-order valence-corrected chi connectivity index (χ0v) is 12.7. The molecule has 21 heavy (non-hydrogen) atoms. The van der Waals surface area contributed by atoms with E-state index in [4.69, 9.17) is 14.2 Å². The zero-order chi connectivity index (χ0) is 16.4. The van der Waals surface area contributed by atoms with Crippen LogP contribution >= 0.6 is 0 Å². The monoisotopic (exact) mass is 303 g/mol. The number of nitrogens with zero attached hydrogens (tertiary/aromatic N) is 1. The molecular weight excluding hydrogens is 282 g/mol. The van der Waals surface area contributed by atoms with Crippen molar-refractivity contribution < 1.29 is 33.4 Å². The van der Waals surface area contributed by atoms with Gasteiger partial charge in [-0.1, -0.05) is 0 Å². The Kier molecular flexibility index (Phi) is 8.75. The minimum absolute atomic E-state index is 0.00787. The van der Waals surface area contributed by atoms with Gasteiger partial charge in [-0.05, 0) is 6.92 Å². The van der Waals surface area contributed by atoms with Crippen molar-refractivity contribution in [3.05, 3.63) is 0 Å². The molecule has 0 aromatic heterocycles. The van der Waals surface area contributed by atoms with Crippen LogP contribution in [0.4, 0.5) is 0 Å². The van der Waals surface area contributed by atoms with Crippen LogP contribution in [0.25, 0.3) is 0 Å². The van der Waals surface area contributed by atoms with Gasteiger partial charge in [0, 0.05) is 20.8 Å². The average molecular weight is 303 g/mol. The summed E-state index contributed by atoms with van der Waals surface area (Å²) in [7, 11) is 0. The molecule has 8 nitrogen and oxygen atoms in total. The van der Waals surface area contributed by atoms with Crippen molar-refractivity contribution in [3.63, 3.8) is 0 Å². The van der Waals surface area contributed by atoms with E-state index in [0.717, 1.165) is 0 Å². The molecule has 0 N–H and O–H groups in total. The fourth-order valence-electron chi connectivity index (χ4n) is 1.49. The van der Waals surface area contributed by atoms with Gasteiger partial charge in [-0.25, -0.2) is 0 Å². The summed E-state index contributed by atoms with van der Waals surface area (Å²) >= 11 is 0. The van der Waals surface area contributed by atoms with Crippen LogP contribution in [0, 0.1) is 0 Å². The van der Waals surface area contributed by atoms with E-state index >= 15 is 0 Å². The summed E-state index contributed by atoms with van der Waals surface area (Å²) in [4.78, 5) is 45.7. The first-order valence-electron chi connectivity index (χ1n) is 6.46. The highest BCUT2D eigenvalue weighted by atomic mass is 16.5. The van der Waals surface area contributed by atoms with Crippen LogP contribution in [-0.2, 0) is 33.4 Å². The molecule has 0 heterocycles. The maximum absolute atomic E-state index is 12.1. The number of hydrogen-bond donors (Lipinski definition) is 0. The van der Waals surface area contributed by atoms with Gasteiger partial charge < -0.3 is 19.1 Å². The van der Waals surface area contributed by atoms with Gasteiger partial charge in [-0.2, -0.15) is 0 Å². The van der Waals surface area contributed by atoms with Gasteiger partial charge in [0.2, 0.25) is 0 Å². The molecule has 0 spiro atoms. The van der Waals surface area contributed by atoms with E-state index in [1.807, 2.05) is 0 Å². The van der Waals surface area contributed by atoms with Gasteiger partial charge in [0.1, 0.15) is 13.2 Å². The predicted octanol–water partition coefficient (Wildman–Crippen LogP) is -0.107. The molecule has 1 amide bonds. The largest absolute Gasteiger partial charge is 0.464 e. The number of hydrogen-bond acceptors (Lipinski definition) is 7. The van der Waals surface area contributed by atoms with Crippen LogP contribution in [0.3, 0.4) is 0 Å². The van der Waals surface area contributed by atoms with Crippen molar-refractivity contribution >= 4 is 23.8 Å². The third kappa shape index (κ3) is 9.42. The highest BCUT2D eigenvalue weighted by Gasteiger charge is 2.23. The number of ether oxygens (including phenoxy) is 3. The van der Waals surface area contributed by atoms with Crippen molar-refractivity contribution in [3.8, 4) is 0 Å². The highest BCUT2D eigenvalue weighted by Crippen LogP contribution is 2.01. The van der Waals surface area contributed by atoms with Gasteiger partial charge in [0.15, 0.2) is 6.10 Å². The first-order valence-corrected chi connectivity index (χ1v) is 6.46. The lowest BCUT2D eigenvalue weighted by Crippen LogP contribution is -2.43. The van der Waals surface area contributed by atoms with Crippen LogP contribution in [0.2, 0.25) is 0 Å². The normalized spacial score (nSPS) is 11.2. The van der Waals surface area contributed by atoms with Crippen molar-refractivity contribution in [1.82, 2.24) is 4.90 Å². The molecule has 0 bridgehead atoms. The molecule has 0 aromatic carbocycles. The average Bonchev–Trinajstić information content (AvgIpc) is 2.34. The first-order chi connectivity index (χ1) is 9.73. The Bertz CT molecular complexity index is 374. The molecule has 0 saturated carbocycles. The summed E-state index contributed by atoms with van der Waals surface area (Å²) in [6, 6.07) is 0. The number of carbonyl (C=O) groups excluding carboxylic acids is 4. The van der Waals surface area contributed by atoms with Crippen molar-refractivity contribution in [1.29, 1.82) is 0 Å². The zero-order valence-electron chi connectivity index (χ0n) is 12.7. The van der Waals surface area contributed by atoms with Crippen molar-refractivity contribution in [2.45, 2.75) is 33.8 Å². The third-order valence-electron chi connectivity index (χ3n) is 2.34. The molecule has 0 radical (unpaired) electrons. The van der Waals surface area contributed by atoms with Crippen LogP contribution in [-0.4, -0.2) is 61.1 Å². The number of amides is 1. The molecule has 0 rings (SSSR count). The minimum atomic E-state index is -0.961. The summed E-state index contributed by atoms with van der Waals surface area (Å²) < 4.78 is 14.3. The first kappa shape index (κ1) is 18.9. The SMILES string of the molecule is CC(=O)OCCN(CCOC(C)=O)C(=O)C(C)OC(C)=O. The second-order valence-corrected chi connectivity index (χ2v) is 4.26. The topological polar surface area (TPSA) is 99.2 Å².